The Morgan fingerprint density at radius 1 is 1.23 bits per heavy atom. The molecule has 3 rings (SSSR count). The maximum Gasteiger partial charge on any atom is 0.274 e. The summed E-state index contributed by atoms with van der Waals surface area (Å²) in [5.41, 5.74) is 1.40. The van der Waals surface area contributed by atoms with Crippen LogP contribution in [0.3, 0.4) is 0 Å². The highest BCUT2D eigenvalue weighted by Gasteiger charge is 2.07. The van der Waals surface area contributed by atoms with Gasteiger partial charge in [0.1, 0.15) is 5.69 Å². The zero-order chi connectivity index (χ0) is 15.4. The van der Waals surface area contributed by atoms with Crippen molar-refractivity contribution in [3.63, 3.8) is 0 Å². The third-order valence-electron chi connectivity index (χ3n) is 2.96. The summed E-state index contributed by atoms with van der Waals surface area (Å²) in [6, 6.07) is 12.8. The second-order valence-electron chi connectivity index (χ2n) is 4.52. The molecule has 0 radical (unpaired) electrons. The number of benzene rings is 1. The molecule has 0 bridgehead atoms. The van der Waals surface area contributed by atoms with E-state index >= 15 is 0 Å². The monoisotopic (exact) mass is 309 g/mol. The smallest absolute Gasteiger partial charge is 0.274 e. The first kappa shape index (κ1) is 14.0. The van der Waals surface area contributed by atoms with Crippen molar-refractivity contribution < 1.29 is 0 Å². The van der Waals surface area contributed by atoms with Crippen LogP contribution in [0.5, 0.6) is 0 Å². The highest BCUT2D eigenvalue weighted by molar-refractivity contribution is 7.09. The summed E-state index contributed by atoms with van der Waals surface area (Å²) < 4.78 is 0. The number of anilines is 2. The second kappa shape index (κ2) is 6.20. The fraction of sp³-hybridized carbons (Fsp3) is 0.0667. The van der Waals surface area contributed by atoms with Gasteiger partial charge in [-0.25, -0.2) is 0 Å². The SMILES string of the molecule is N#Cc1ccc(Nc2nnc(Cc3cccs3)c(=O)[nH]2)cc1. The molecule has 2 heterocycles. The van der Waals surface area contributed by atoms with Crippen molar-refractivity contribution >= 4 is 23.0 Å². The van der Waals surface area contributed by atoms with Gasteiger partial charge in [0.25, 0.3) is 5.56 Å². The van der Waals surface area contributed by atoms with Crippen molar-refractivity contribution in [3.05, 3.63) is 68.3 Å². The number of nitrogens with one attached hydrogen (secondary N) is 2. The molecule has 0 saturated carbocycles. The van der Waals surface area contributed by atoms with E-state index in [0.717, 1.165) is 10.6 Å². The van der Waals surface area contributed by atoms with Gasteiger partial charge in [-0.1, -0.05) is 6.07 Å². The Balaban J connectivity index is 1.76. The molecular weight excluding hydrogens is 298 g/mol. The highest BCUT2D eigenvalue weighted by atomic mass is 32.1. The summed E-state index contributed by atoms with van der Waals surface area (Å²) in [7, 11) is 0. The molecule has 2 aromatic heterocycles. The van der Waals surface area contributed by atoms with E-state index in [-0.39, 0.29) is 11.5 Å². The number of hydrogen-bond acceptors (Lipinski definition) is 6. The van der Waals surface area contributed by atoms with Crippen molar-refractivity contribution in [1.29, 1.82) is 5.26 Å². The van der Waals surface area contributed by atoms with E-state index in [4.69, 9.17) is 5.26 Å². The second-order valence-corrected chi connectivity index (χ2v) is 5.55. The average Bonchev–Trinajstić information content (AvgIpc) is 3.04. The molecule has 0 amide bonds. The largest absolute Gasteiger partial charge is 0.324 e. The first-order chi connectivity index (χ1) is 10.7. The van der Waals surface area contributed by atoms with Crippen LogP contribution < -0.4 is 10.9 Å². The maximum atomic E-state index is 12.0. The first-order valence-corrected chi connectivity index (χ1v) is 7.38. The van der Waals surface area contributed by atoms with Crippen LogP contribution in [0.4, 0.5) is 11.6 Å². The van der Waals surface area contributed by atoms with Crippen LogP contribution in [0.1, 0.15) is 16.1 Å². The number of nitriles is 1. The Bertz CT molecular complexity index is 862. The van der Waals surface area contributed by atoms with Gasteiger partial charge in [-0.15, -0.1) is 21.5 Å². The molecule has 108 valence electrons. The Morgan fingerprint density at radius 3 is 2.68 bits per heavy atom. The van der Waals surface area contributed by atoms with E-state index in [1.54, 1.807) is 35.6 Å². The van der Waals surface area contributed by atoms with Crippen molar-refractivity contribution in [2.75, 3.05) is 5.32 Å². The van der Waals surface area contributed by atoms with Gasteiger partial charge in [0, 0.05) is 17.0 Å². The number of nitrogens with zero attached hydrogens (tertiary/aromatic N) is 3. The molecule has 6 nitrogen and oxygen atoms in total. The van der Waals surface area contributed by atoms with E-state index in [0.29, 0.717) is 17.7 Å². The Kier molecular flexibility index (Phi) is 3.94. The maximum absolute atomic E-state index is 12.0. The fourth-order valence-corrected chi connectivity index (χ4v) is 2.58. The molecule has 0 aliphatic rings. The zero-order valence-corrected chi connectivity index (χ0v) is 12.2. The van der Waals surface area contributed by atoms with Gasteiger partial charge >= 0.3 is 0 Å². The van der Waals surface area contributed by atoms with Gasteiger partial charge in [-0.3, -0.25) is 9.78 Å². The lowest BCUT2D eigenvalue weighted by Gasteiger charge is -2.05. The molecule has 0 aliphatic heterocycles. The minimum absolute atomic E-state index is 0.264. The molecule has 2 N–H and O–H groups in total. The van der Waals surface area contributed by atoms with E-state index in [1.165, 1.54) is 0 Å². The summed E-state index contributed by atoms with van der Waals surface area (Å²) in [6.45, 7) is 0. The summed E-state index contributed by atoms with van der Waals surface area (Å²) in [4.78, 5) is 15.7. The highest BCUT2D eigenvalue weighted by Crippen LogP contribution is 2.13. The lowest BCUT2D eigenvalue weighted by Crippen LogP contribution is -2.18. The van der Waals surface area contributed by atoms with Gasteiger partial charge in [-0.2, -0.15) is 5.26 Å². The molecule has 0 unspecified atom stereocenters. The van der Waals surface area contributed by atoms with Gasteiger partial charge < -0.3 is 5.32 Å². The number of thiophene rings is 1. The van der Waals surface area contributed by atoms with Gasteiger partial charge in [0.15, 0.2) is 0 Å². The van der Waals surface area contributed by atoms with Gasteiger partial charge in [0.05, 0.1) is 11.6 Å². The van der Waals surface area contributed by atoms with E-state index in [1.807, 2.05) is 23.6 Å². The van der Waals surface area contributed by atoms with Crippen LogP contribution in [0.25, 0.3) is 0 Å². The molecule has 0 aliphatic carbocycles. The van der Waals surface area contributed by atoms with E-state index in [9.17, 15) is 4.79 Å². The minimum atomic E-state index is -0.264. The summed E-state index contributed by atoms with van der Waals surface area (Å²) in [5.74, 6) is 0.268. The van der Waals surface area contributed by atoms with E-state index in [2.05, 4.69) is 20.5 Å². The van der Waals surface area contributed by atoms with Crippen molar-refractivity contribution in [2.45, 2.75) is 6.42 Å². The normalized spacial score (nSPS) is 10.1. The molecule has 0 spiro atoms. The summed E-state index contributed by atoms with van der Waals surface area (Å²) >= 11 is 1.57. The topological polar surface area (TPSA) is 94.5 Å². The van der Waals surface area contributed by atoms with Crippen molar-refractivity contribution in [2.24, 2.45) is 0 Å². The van der Waals surface area contributed by atoms with Crippen molar-refractivity contribution in [3.8, 4) is 6.07 Å². The van der Waals surface area contributed by atoms with Crippen LogP contribution >= 0.6 is 11.3 Å². The van der Waals surface area contributed by atoms with Crippen LogP contribution in [0.2, 0.25) is 0 Å². The summed E-state index contributed by atoms with van der Waals surface area (Å²) in [5, 5.41) is 21.6. The van der Waals surface area contributed by atoms with Gasteiger partial charge in [-0.05, 0) is 35.7 Å². The molecule has 22 heavy (non-hydrogen) atoms. The lowest BCUT2D eigenvalue weighted by atomic mass is 10.2. The molecule has 3 aromatic rings. The average molecular weight is 309 g/mol. The quantitative estimate of drug-likeness (QED) is 0.772. The Hall–Kier alpha value is -2.98. The molecular formula is C15H11N5OS. The van der Waals surface area contributed by atoms with E-state index < -0.39 is 0 Å². The molecule has 0 atom stereocenters. The number of aromatic amines is 1. The van der Waals surface area contributed by atoms with Crippen LogP contribution in [0.15, 0.2) is 46.6 Å². The minimum Gasteiger partial charge on any atom is -0.324 e. The Morgan fingerprint density at radius 2 is 2.05 bits per heavy atom. The van der Waals surface area contributed by atoms with Crippen LogP contribution in [-0.4, -0.2) is 15.2 Å². The number of hydrogen-bond donors (Lipinski definition) is 2. The molecule has 1 aromatic carbocycles. The van der Waals surface area contributed by atoms with Crippen LogP contribution in [0, 0.1) is 11.3 Å². The predicted octanol–water partition coefficient (Wildman–Crippen LogP) is 2.43. The lowest BCUT2D eigenvalue weighted by molar-refractivity contribution is 0.879. The first-order valence-electron chi connectivity index (χ1n) is 6.50. The van der Waals surface area contributed by atoms with Crippen molar-refractivity contribution in [1.82, 2.24) is 15.2 Å². The van der Waals surface area contributed by atoms with Crippen LogP contribution in [-0.2, 0) is 6.42 Å². The molecule has 0 saturated heterocycles. The third kappa shape index (κ3) is 3.19. The standard InChI is InChI=1S/C15H11N5OS/c16-9-10-3-5-11(6-4-10)17-15-18-14(21)13(19-20-15)8-12-2-1-7-22-12/h1-7H,8H2,(H2,17,18,20,21). The molecule has 7 heteroatoms. The Labute approximate surface area is 130 Å². The predicted molar refractivity (Wildman–Crippen MR) is 84.2 cm³/mol. The number of rotatable bonds is 4. The zero-order valence-electron chi connectivity index (χ0n) is 11.4. The molecule has 0 fully saturated rings. The van der Waals surface area contributed by atoms with Gasteiger partial charge in [0.2, 0.25) is 5.95 Å². The number of H-pyrrole nitrogens is 1. The fourth-order valence-electron chi connectivity index (χ4n) is 1.88. The third-order valence-corrected chi connectivity index (χ3v) is 3.84. The summed E-state index contributed by atoms with van der Waals surface area (Å²) in [6.07, 6.45) is 0.469. The number of aromatic nitrogens is 3.